The molecule has 1 aromatic rings. The summed E-state index contributed by atoms with van der Waals surface area (Å²) in [7, 11) is 0. The number of nitrogens with zero attached hydrogens (tertiary/aromatic N) is 3. The molecule has 1 fully saturated rings. The third kappa shape index (κ3) is 1.63. The van der Waals surface area contributed by atoms with Gasteiger partial charge in [0.1, 0.15) is 12.1 Å². The summed E-state index contributed by atoms with van der Waals surface area (Å²) in [6.07, 6.45) is 4.86. The molecule has 70 valence electrons. The molecule has 1 aliphatic heterocycles. The van der Waals surface area contributed by atoms with Crippen molar-refractivity contribution in [3.63, 3.8) is 0 Å². The van der Waals surface area contributed by atoms with E-state index < -0.39 is 0 Å². The highest BCUT2D eigenvalue weighted by molar-refractivity contribution is 5.84. The maximum absolute atomic E-state index is 11.1. The number of hydrogen-bond donors (Lipinski definition) is 1. The third-order valence-corrected chi connectivity index (χ3v) is 2.16. The van der Waals surface area contributed by atoms with E-state index >= 15 is 0 Å². The van der Waals surface area contributed by atoms with Gasteiger partial charge in [-0.25, -0.2) is 4.98 Å². The van der Waals surface area contributed by atoms with E-state index in [1.807, 2.05) is 4.90 Å². The number of hydrogen-bond acceptors (Lipinski definition) is 4. The fourth-order valence-electron chi connectivity index (χ4n) is 1.52. The van der Waals surface area contributed by atoms with E-state index in [0.717, 1.165) is 18.8 Å². The highest BCUT2D eigenvalue weighted by Gasteiger charge is 2.18. The van der Waals surface area contributed by atoms with Gasteiger partial charge in [0.05, 0.1) is 12.7 Å². The maximum atomic E-state index is 11.1. The van der Waals surface area contributed by atoms with Crippen molar-refractivity contribution in [2.24, 2.45) is 0 Å². The lowest BCUT2D eigenvalue weighted by Gasteiger charge is -2.25. The van der Waals surface area contributed by atoms with Crippen LogP contribution in [0.25, 0.3) is 0 Å². The van der Waals surface area contributed by atoms with E-state index in [4.69, 9.17) is 5.84 Å². The van der Waals surface area contributed by atoms with Crippen LogP contribution in [0.1, 0.15) is 12.8 Å². The summed E-state index contributed by atoms with van der Waals surface area (Å²) in [6, 6.07) is 0. The van der Waals surface area contributed by atoms with Gasteiger partial charge in [0, 0.05) is 13.0 Å². The molecule has 0 radical (unpaired) electrons. The summed E-state index contributed by atoms with van der Waals surface area (Å²) in [4.78, 5) is 17.2. The summed E-state index contributed by atoms with van der Waals surface area (Å²) < 4.78 is 1.40. The van der Waals surface area contributed by atoms with E-state index in [1.54, 1.807) is 6.20 Å². The first-order valence-electron chi connectivity index (χ1n) is 4.31. The lowest BCUT2D eigenvalue weighted by atomic mass is 10.1. The molecule has 0 aromatic carbocycles. The first-order chi connectivity index (χ1) is 6.25. The largest absolute Gasteiger partial charge is 0.348 e. The van der Waals surface area contributed by atoms with Crippen LogP contribution in [0.5, 0.6) is 0 Å². The van der Waals surface area contributed by atoms with Crippen LogP contribution in [0, 0.1) is 0 Å². The van der Waals surface area contributed by atoms with Crippen LogP contribution in [0.4, 0.5) is 5.82 Å². The van der Waals surface area contributed by atoms with Gasteiger partial charge in [-0.2, -0.15) is 0 Å². The summed E-state index contributed by atoms with van der Waals surface area (Å²) >= 11 is 0. The molecular weight excluding hydrogens is 168 g/mol. The zero-order valence-electron chi connectivity index (χ0n) is 7.31. The van der Waals surface area contributed by atoms with E-state index in [2.05, 4.69) is 4.98 Å². The topological polar surface area (TPSA) is 64.2 Å². The lowest BCUT2D eigenvalue weighted by Crippen LogP contribution is -2.35. The van der Waals surface area contributed by atoms with Gasteiger partial charge in [0.2, 0.25) is 0 Å². The molecule has 2 rings (SSSR count). The van der Waals surface area contributed by atoms with Crippen molar-refractivity contribution >= 4 is 11.6 Å². The Morgan fingerprint density at radius 1 is 1.54 bits per heavy atom. The zero-order chi connectivity index (χ0) is 9.26. The fourth-order valence-corrected chi connectivity index (χ4v) is 1.52. The number of ketones is 1. The molecule has 0 saturated carbocycles. The van der Waals surface area contributed by atoms with Crippen LogP contribution in [-0.2, 0) is 4.79 Å². The maximum Gasteiger partial charge on any atom is 0.152 e. The molecule has 5 heteroatoms. The molecule has 1 aliphatic rings. The number of nitrogens with two attached hydrogens (primary N) is 1. The molecule has 2 heterocycles. The molecule has 0 amide bonds. The van der Waals surface area contributed by atoms with Crippen LogP contribution in [0.2, 0.25) is 0 Å². The number of piperidine rings is 1. The molecule has 0 spiro atoms. The number of rotatable bonds is 1. The van der Waals surface area contributed by atoms with Crippen LogP contribution >= 0.6 is 0 Å². The number of Topliss-reactive ketones (excluding diaryl/α,β-unsaturated/α-hetero) is 1. The van der Waals surface area contributed by atoms with E-state index in [9.17, 15) is 4.79 Å². The number of nitrogen functional groups attached to an aromatic ring is 1. The second-order valence-electron chi connectivity index (χ2n) is 3.24. The van der Waals surface area contributed by atoms with Gasteiger partial charge >= 0.3 is 0 Å². The lowest BCUT2D eigenvalue weighted by molar-refractivity contribution is -0.118. The molecule has 1 saturated heterocycles. The number of imidazole rings is 1. The van der Waals surface area contributed by atoms with Crippen LogP contribution in [0.15, 0.2) is 12.5 Å². The molecule has 5 nitrogen and oxygen atoms in total. The molecular formula is C8H12N4O. The standard InChI is InChI=1S/C8H12N4O/c9-12-5-8(10-6-12)11-3-1-2-7(13)4-11/h5-6H,1-4,9H2. The average Bonchev–Trinajstić information content (AvgIpc) is 2.52. The van der Waals surface area contributed by atoms with Crippen LogP contribution in [0.3, 0.4) is 0 Å². The first-order valence-corrected chi connectivity index (χ1v) is 4.31. The molecule has 0 atom stereocenters. The van der Waals surface area contributed by atoms with Gasteiger partial charge in [0.25, 0.3) is 0 Å². The SMILES string of the molecule is Nn1cnc(N2CCCC(=O)C2)c1. The molecule has 13 heavy (non-hydrogen) atoms. The Balaban J connectivity index is 2.12. The predicted octanol–water partition coefficient (Wildman–Crippen LogP) is -0.234. The van der Waals surface area contributed by atoms with Gasteiger partial charge in [-0.15, -0.1) is 0 Å². The number of carbonyl (C=O) groups is 1. The van der Waals surface area contributed by atoms with E-state index in [-0.39, 0.29) is 5.78 Å². The Morgan fingerprint density at radius 3 is 3.00 bits per heavy atom. The van der Waals surface area contributed by atoms with Crippen molar-refractivity contribution < 1.29 is 4.79 Å². The average molecular weight is 180 g/mol. The van der Waals surface area contributed by atoms with Gasteiger partial charge < -0.3 is 10.7 Å². The van der Waals surface area contributed by atoms with Crippen molar-refractivity contribution in [1.82, 2.24) is 9.66 Å². The Kier molecular flexibility index (Phi) is 1.92. The fraction of sp³-hybridized carbons (Fsp3) is 0.500. The number of carbonyl (C=O) groups excluding carboxylic acids is 1. The first kappa shape index (κ1) is 8.10. The molecule has 1 aromatic heterocycles. The Bertz CT molecular complexity index is 320. The minimum atomic E-state index is 0.276. The van der Waals surface area contributed by atoms with Crippen molar-refractivity contribution in [1.29, 1.82) is 0 Å². The summed E-state index contributed by atoms with van der Waals surface area (Å²) in [5, 5.41) is 0. The smallest absolute Gasteiger partial charge is 0.152 e. The number of anilines is 1. The van der Waals surface area contributed by atoms with Crippen molar-refractivity contribution in [2.45, 2.75) is 12.8 Å². The normalized spacial score (nSPS) is 17.8. The third-order valence-electron chi connectivity index (χ3n) is 2.16. The summed E-state index contributed by atoms with van der Waals surface area (Å²) in [5.41, 5.74) is 0. The highest BCUT2D eigenvalue weighted by atomic mass is 16.1. The van der Waals surface area contributed by atoms with Gasteiger partial charge in [-0.05, 0) is 6.42 Å². The Hall–Kier alpha value is -1.52. The molecule has 0 unspecified atom stereocenters. The van der Waals surface area contributed by atoms with Crippen LogP contribution < -0.4 is 10.7 Å². The Morgan fingerprint density at radius 2 is 2.38 bits per heavy atom. The highest BCUT2D eigenvalue weighted by Crippen LogP contribution is 2.14. The molecule has 0 aliphatic carbocycles. The summed E-state index contributed by atoms with van der Waals surface area (Å²) in [6.45, 7) is 1.36. The zero-order valence-corrected chi connectivity index (χ0v) is 7.31. The van der Waals surface area contributed by atoms with E-state index in [0.29, 0.717) is 13.0 Å². The van der Waals surface area contributed by atoms with Crippen molar-refractivity contribution in [3.05, 3.63) is 12.5 Å². The molecule has 0 bridgehead atoms. The van der Waals surface area contributed by atoms with Crippen LogP contribution in [-0.4, -0.2) is 28.5 Å². The number of aromatic nitrogens is 2. The van der Waals surface area contributed by atoms with Gasteiger partial charge in [-0.3, -0.25) is 9.47 Å². The monoisotopic (exact) mass is 180 g/mol. The van der Waals surface area contributed by atoms with Crippen molar-refractivity contribution in [3.8, 4) is 0 Å². The minimum absolute atomic E-state index is 0.276. The summed E-state index contributed by atoms with van der Waals surface area (Å²) in [5.74, 6) is 6.53. The molecule has 2 N–H and O–H groups in total. The Labute approximate surface area is 76.1 Å². The van der Waals surface area contributed by atoms with Gasteiger partial charge in [-0.1, -0.05) is 0 Å². The predicted molar refractivity (Wildman–Crippen MR) is 48.8 cm³/mol. The van der Waals surface area contributed by atoms with Gasteiger partial charge in [0.15, 0.2) is 5.78 Å². The van der Waals surface area contributed by atoms with E-state index in [1.165, 1.54) is 11.0 Å². The minimum Gasteiger partial charge on any atom is -0.348 e. The second kappa shape index (κ2) is 3.08. The van der Waals surface area contributed by atoms with Crippen molar-refractivity contribution in [2.75, 3.05) is 23.8 Å². The quantitative estimate of drug-likeness (QED) is 0.606. The second-order valence-corrected chi connectivity index (χ2v) is 3.24.